The van der Waals surface area contributed by atoms with Gasteiger partial charge in [0, 0.05) is 11.6 Å². The second kappa shape index (κ2) is 7.67. The number of amides is 2. The first-order valence-corrected chi connectivity index (χ1v) is 7.19. The van der Waals surface area contributed by atoms with Gasteiger partial charge in [0.15, 0.2) is 0 Å². The molecule has 1 unspecified atom stereocenters. The fourth-order valence-electron chi connectivity index (χ4n) is 1.96. The maximum Gasteiger partial charge on any atom is 0.309 e. The number of carbonyl (C=O) groups excluding carboxylic acids is 2. The highest BCUT2D eigenvalue weighted by Gasteiger charge is 2.19. The Balaban J connectivity index is 2.83. The van der Waals surface area contributed by atoms with Crippen LogP contribution in [0.1, 0.15) is 44.9 Å². The molecule has 1 rings (SSSR count). The van der Waals surface area contributed by atoms with E-state index in [1.807, 2.05) is 52.8 Å². The highest BCUT2D eigenvalue weighted by atomic mass is 16.5. The molecule has 0 spiro atoms. The van der Waals surface area contributed by atoms with Crippen LogP contribution in [0.5, 0.6) is 5.75 Å². The number of aryl methyl sites for hydroxylation is 1. The molecular weight excluding hydrogens is 268 g/mol. The van der Waals surface area contributed by atoms with Crippen molar-refractivity contribution in [2.75, 3.05) is 6.61 Å². The van der Waals surface area contributed by atoms with Crippen LogP contribution >= 0.6 is 0 Å². The van der Waals surface area contributed by atoms with E-state index in [1.165, 1.54) is 0 Å². The normalized spacial score (nSPS) is 11.9. The predicted molar refractivity (Wildman–Crippen MR) is 82.2 cm³/mol. The first kappa shape index (κ1) is 17.0. The van der Waals surface area contributed by atoms with E-state index in [9.17, 15) is 9.59 Å². The van der Waals surface area contributed by atoms with Crippen molar-refractivity contribution in [3.8, 4) is 5.75 Å². The van der Waals surface area contributed by atoms with Gasteiger partial charge in [0.1, 0.15) is 5.75 Å². The highest BCUT2D eigenvalue weighted by molar-refractivity contribution is 6.35. The van der Waals surface area contributed by atoms with Gasteiger partial charge in [0.2, 0.25) is 0 Å². The molecule has 1 aromatic carbocycles. The molecule has 2 N–H and O–H groups in total. The number of hydrogen-bond acceptors (Lipinski definition) is 3. The molecule has 5 heteroatoms. The van der Waals surface area contributed by atoms with Gasteiger partial charge in [-0.2, -0.15) is 0 Å². The summed E-state index contributed by atoms with van der Waals surface area (Å²) in [7, 11) is 0. The lowest BCUT2D eigenvalue weighted by Crippen LogP contribution is -2.43. The fourth-order valence-corrected chi connectivity index (χ4v) is 1.96. The molecule has 0 heterocycles. The highest BCUT2D eigenvalue weighted by Crippen LogP contribution is 2.26. The molecule has 0 aliphatic carbocycles. The van der Waals surface area contributed by atoms with Crippen molar-refractivity contribution >= 4 is 11.8 Å². The number of carbonyl (C=O) groups is 2. The van der Waals surface area contributed by atoms with E-state index in [4.69, 9.17) is 4.74 Å². The van der Waals surface area contributed by atoms with Crippen LogP contribution in [0.4, 0.5) is 0 Å². The first-order valence-electron chi connectivity index (χ1n) is 7.19. The average Bonchev–Trinajstić information content (AvgIpc) is 2.40. The molecule has 0 aliphatic heterocycles. The number of rotatable bonds is 5. The number of ether oxygens (including phenoxy) is 1. The zero-order valence-corrected chi connectivity index (χ0v) is 13.3. The average molecular weight is 292 g/mol. The maximum atomic E-state index is 11.9. The van der Waals surface area contributed by atoms with Crippen LogP contribution in [0.3, 0.4) is 0 Å². The molecular formula is C16H24N2O3. The van der Waals surface area contributed by atoms with Crippen molar-refractivity contribution in [3.63, 3.8) is 0 Å². The van der Waals surface area contributed by atoms with Crippen LogP contribution in [0.2, 0.25) is 0 Å². The molecule has 116 valence electrons. The van der Waals surface area contributed by atoms with Gasteiger partial charge in [-0.3, -0.25) is 9.59 Å². The predicted octanol–water partition coefficient (Wildman–Crippen LogP) is 2.10. The van der Waals surface area contributed by atoms with Crippen molar-refractivity contribution < 1.29 is 14.3 Å². The standard InChI is InChI=1S/C16H24N2O3/c1-6-21-14-8-7-11(4)9-13(14)12(5)18-16(20)15(19)17-10(2)3/h7-10,12H,6H2,1-5H3,(H,17,19)(H,18,20). The van der Waals surface area contributed by atoms with Crippen LogP contribution in [-0.4, -0.2) is 24.5 Å². The number of benzene rings is 1. The topological polar surface area (TPSA) is 67.4 Å². The van der Waals surface area contributed by atoms with E-state index in [0.717, 1.165) is 16.9 Å². The minimum absolute atomic E-state index is 0.0727. The summed E-state index contributed by atoms with van der Waals surface area (Å²) in [4.78, 5) is 23.5. The van der Waals surface area contributed by atoms with Crippen LogP contribution in [0.15, 0.2) is 18.2 Å². The van der Waals surface area contributed by atoms with Gasteiger partial charge in [0.05, 0.1) is 12.6 Å². The lowest BCUT2D eigenvalue weighted by molar-refractivity contribution is -0.139. The van der Waals surface area contributed by atoms with E-state index >= 15 is 0 Å². The molecule has 0 aromatic heterocycles. The summed E-state index contributed by atoms with van der Waals surface area (Å²) in [6.45, 7) is 9.87. The Morgan fingerprint density at radius 1 is 1.14 bits per heavy atom. The van der Waals surface area contributed by atoms with Crippen molar-refractivity contribution in [1.29, 1.82) is 0 Å². The lowest BCUT2D eigenvalue weighted by atomic mass is 10.0. The van der Waals surface area contributed by atoms with Crippen LogP contribution in [0.25, 0.3) is 0 Å². The van der Waals surface area contributed by atoms with E-state index in [-0.39, 0.29) is 12.1 Å². The van der Waals surface area contributed by atoms with E-state index in [1.54, 1.807) is 0 Å². The molecule has 0 bridgehead atoms. The van der Waals surface area contributed by atoms with Crippen molar-refractivity contribution in [2.24, 2.45) is 0 Å². The summed E-state index contributed by atoms with van der Waals surface area (Å²) in [5.74, 6) is -0.539. The zero-order chi connectivity index (χ0) is 16.0. The summed E-state index contributed by atoms with van der Waals surface area (Å²) in [6, 6.07) is 5.41. The molecule has 0 fully saturated rings. The third-order valence-electron chi connectivity index (χ3n) is 2.91. The monoisotopic (exact) mass is 292 g/mol. The quantitative estimate of drug-likeness (QED) is 0.817. The lowest BCUT2D eigenvalue weighted by Gasteiger charge is -2.19. The van der Waals surface area contributed by atoms with Gasteiger partial charge in [-0.25, -0.2) is 0 Å². The Labute approximate surface area is 126 Å². The first-order chi connectivity index (χ1) is 9.85. The van der Waals surface area contributed by atoms with Gasteiger partial charge < -0.3 is 15.4 Å². The summed E-state index contributed by atoms with van der Waals surface area (Å²) in [5.41, 5.74) is 1.93. The van der Waals surface area contributed by atoms with Gasteiger partial charge in [0.25, 0.3) is 0 Å². The molecule has 0 saturated carbocycles. The van der Waals surface area contributed by atoms with Crippen LogP contribution in [0, 0.1) is 6.92 Å². The molecule has 0 aliphatic rings. The Hall–Kier alpha value is -2.04. The Morgan fingerprint density at radius 3 is 2.33 bits per heavy atom. The molecule has 21 heavy (non-hydrogen) atoms. The van der Waals surface area contributed by atoms with Gasteiger partial charge in [-0.1, -0.05) is 17.7 Å². The van der Waals surface area contributed by atoms with Crippen LogP contribution in [-0.2, 0) is 9.59 Å². The molecule has 0 radical (unpaired) electrons. The molecule has 2 amide bonds. The van der Waals surface area contributed by atoms with Gasteiger partial charge in [-0.05, 0) is 40.7 Å². The smallest absolute Gasteiger partial charge is 0.309 e. The Kier molecular flexibility index (Phi) is 6.21. The van der Waals surface area contributed by atoms with Crippen LogP contribution < -0.4 is 15.4 Å². The van der Waals surface area contributed by atoms with Crippen molar-refractivity contribution in [1.82, 2.24) is 10.6 Å². The van der Waals surface area contributed by atoms with Gasteiger partial charge in [-0.15, -0.1) is 0 Å². The third-order valence-corrected chi connectivity index (χ3v) is 2.91. The van der Waals surface area contributed by atoms with Crippen molar-refractivity contribution in [3.05, 3.63) is 29.3 Å². The second-order valence-corrected chi connectivity index (χ2v) is 5.30. The molecule has 0 saturated heterocycles. The fraction of sp³-hybridized carbons (Fsp3) is 0.500. The second-order valence-electron chi connectivity index (χ2n) is 5.30. The number of nitrogens with one attached hydrogen (secondary N) is 2. The van der Waals surface area contributed by atoms with E-state index in [0.29, 0.717) is 6.61 Å². The minimum Gasteiger partial charge on any atom is -0.494 e. The van der Waals surface area contributed by atoms with Crippen molar-refractivity contribution in [2.45, 2.75) is 46.7 Å². The molecule has 5 nitrogen and oxygen atoms in total. The largest absolute Gasteiger partial charge is 0.494 e. The Bertz CT molecular complexity index is 512. The summed E-state index contributed by atoms with van der Waals surface area (Å²) in [6.07, 6.45) is 0. The van der Waals surface area contributed by atoms with E-state index in [2.05, 4.69) is 10.6 Å². The summed E-state index contributed by atoms with van der Waals surface area (Å²) < 4.78 is 5.57. The SMILES string of the molecule is CCOc1ccc(C)cc1C(C)NC(=O)C(=O)NC(C)C. The molecule has 1 aromatic rings. The summed E-state index contributed by atoms with van der Waals surface area (Å²) in [5, 5.41) is 5.26. The Morgan fingerprint density at radius 2 is 1.76 bits per heavy atom. The zero-order valence-electron chi connectivity index (χ0n) is 13.3. The molecule has 1 atom stereocenters. The van der Waals surface area contributed by atoms with Gasteiger partial charge >= 0.3 is 11.8 Å². The minimum atomic E-state index is -0.639. The number of hydrogen-bond donors (Lipinski definition) is 2. The maximum absolute atomic E-state index is 11.9. The van der Waals surface area contributed by atoms with E-state index < -0.39 is 11.8 Å². The third kappa shape index (κ3) is 5.10. The summed E-state index contributed by atoms with van der Waals surface area (Å²) >= 11 is 0.